The van der Waals surface area contributed by atoms with Crippen LogP contribution in [0.15, 0.2) is 24.3 Å². The minimum absolute atomic E-state index is 0.167. The molecular formula is C14H20N2O. The highest BCUT2D eigenvalue weighted by Crippen LogP contribution is 2.26. The number of fused-ring (bicyclic) bond motifs is 1. The summed E-state index contributed by atoms with van der Waals surface area (Å²) >= 11 is 0. The first-order chi connectivity index (χ1) is 8.31. The molecule has 17 heavy (non-hydrogen) atoms. The summed E-state index contributed by atoms with van der Waals surface area (Å²) < 4.78 is 0. The highest BCUT2D eigenvalue weighted by atomic mass is 16.1. The summed E-state index contributed by atoms with van der Waals surface area (Å²) in [5.74, 6) is 0.167. The van der Waals surface area contributed by atoms with E-state index in [1.807, 2.05) is 6.92 Å². The zero-order valence-corrected chi connectivity index (χ0v) is 10.4. The fourth-order valence-electron chi connectivity index (χ4n) is 2.28. The lowest BCUT2D eigenvalue weighted by atomic mass is 10.2. The van der Waals surface area contributed by atoms with Crippen LogP contribution in [0.4, 0.5) is 5.69 Å². The van der Waals surface area contributed by atoms with E-state index >= 15 is 0 Å². The average molecular weight is 232 g/mol. The molecular weight excluding hydrogens is 212 g/mol. The highest BCUT2D eigenvalue weighted by Gasteiger charge is 2.17. The Labute approximate surface area is 103 Å². The predicted octanol–water partition coefficient (Wildman–Crippen LogP) is 1.97. The van der Waals surface area contributed by atoms with Gasteiger partial charge >= 0.3 is 0 Å². The van der Waals surface area contributed by atoms with Gasteiger partial charge in [-0.3, -0.25) is 4.79 Å². The molecule has 0 saturated carbocycles. The van der Waals surface area contributed by atoms with E-state index in [0.717, 1.165) is 32.5 Å². The first-order valence-corrected chi connectivity index (χ1v) is 6.41. The van der Waals surface area contributed by atoms with E-state index in [-0.39, 0.29) is 5.91 Å². The number of nitrogens with one attached hydrogen (secondary N) is 1. The molecule has 0 spiro atoms. The molecule has 1 N–H and O–H groups in total. The number of para-hydroxylation sites is 1. The molecule has 0 atom stereocenters. The second-order valence-electron chi connectivity index (χ2n) is 4.47. The number of carbonyl (C=O) groups is 1. The fourth-order valence-corrected chi connectivity index (χ4v) is 2.28. The third-order valence-corrected chi connectivity index (χ3v) is 3.16. The lowest BCUT2D eigenvalue weighted by Gasteiger charge is -2.19. The largest absolute Gasteiger partial charge is 0.369 e. The van der Waals surface area contributed by atoms with Crippen LogP contribution < -0.4 is 10.2 Å². The van der Waals surface area contributed by atoms with Gasteiger partial charge in [-0.1, -0.05) is 25.1 Å². The zero-order chi connectivity index (χ0) is 12.1. The van der Waals surface area contributed by atoms with E-state index in [1.165, 1.54) is 11.3 Å². The van der Waals surface area contributed by atoms with Gasteiger partial charge < -0.3 is 10.2 Å². The number of anilines is 1. The zero-order valence-electron chi connectivity index (χ0n) is 10.4. The van der Waals surface area contributed by atoms with Gasteiger partial charge in [-0.15, -0.1) is 0 Å². The molecule has 3 heteroatoms. The Hall–Kier alpha value is -1.51. The van der Waals surface area contributed by atoms with Crippen LogP contribution in [0.5, 0.6) is 0 Å². The van der Waals surface area contributed by atoms with Crippen LogP contribution >= 0.6 is 0 Å². The molecule has 1 aliphatic heterocycles. The molecule has 0 bridgehead atoms. The second-order valence-corrected chi connectivity index (χ2v) is 4.47. The van der Waals surface area contributed by atoms with Crippen LogP contribution in [0.1, 0.15) is 25.3 Å². The van der Waals surface area contributed by atoms with Crippen molar-refractivity contribution in [2.45, 2.75) is 26.2 Å². The minimum atomic E-state index is 0.167. The standard InChI is InChI=1S/C14H20N2O/c1-2-5-14(17)15-9-11-16-10-8-12-6-3-4-7-13(12)16/h3-4,6-7H,2,5,8-11H2,1H3,(H,15,17). The fraction of sp³-hybridized carbons (Fsp3) is 0.500. The van der Waals surface area contributed by atoms with Gasteiger partial charge in [0.05, 0.1) is 0 Å². The number of rotatable bonds is 5. The van der Waals surface area contributed by atoms with Crippen LogP contribution in [0.25, 0.3) is 0 Å². The molecule has 1 amide bonds. The Morgan fingerprint density at radius 1 is 1.41 bits per heavy atom. The Kier molecular flexibility index (Phi) is 4.02. The lowest BCUT2D eigenvalue weighted by Crippen LogP contribution is -2.33. The maximum atomic E-state index is 11.3. The van der Waals surface area contributed by atoms with Crippen molar-refractivity contribution in [2.24, 2.45) is 0 Å². The van der Waals surface area contributed by atoms with Crippen LogP contribution in [0.2, 0.25) is 0 Å². The van der Waals surface area contributed by atoms with Gasteiger partial charge in [-0.2, -0.15) is 0 Å². The summed E-state index contributed by atoms with van der Waals surface area (Å²) in [6.45, 7) is 4.75. The van der Waals surface area contributed by atoms with E-state index in [2.05, 4.69) is 34.5 Å². The first kappa shape index (κ1) is 12.0. The molecule has 3 nitrogen and oxygen atoms in total. The highest BCUT2D eigenvalue weighted by molar-refractivity contribution is 5.75. The quantitative estimate of drug-likeness (QED) is 0.841. The number of nitrogens with zero attached hydrogens (tertiary/aromatic N) is 1. The van der Waals surface area contributed by atoms with Gasteiger partial charge in [-0.05, 0) is 24.5 Å². The Balaban J connectivity index is 1.80. The molecule has 0 aromatic heterocycles. The van der Waals surface area contributed by atoms with Crippen molar-refractivity contribution in [1.29, 1.82) is 0 Å². The van der Waals surface area contributed by atoms with Gasteiger partial charge in [0.15, 0.2) is 0 Å². The molecule has 0 unspecified atom stereocenters. The van der Waals surface area contributed by atoms with Gasteiger partial charge in [0.2, 0.25) is 5.91 Å². The monoisotopic (exact) mass is 232 g/mol. The molecule has 0 saturated heterocycles. The van der Waals surface area contributed by atoms with Crippen LogP contribution in [-0.4, -0.2) is 25.5 Å². The van der Waals surface area contributed by atoms with E-state index in [9.17, 15) is 4.79 Å². The second kappa shape index (κ2) is 5.71. The molecule has 2 rings (SSSR count). The molecule has 0 radical (unpaired) electrons. The maximum absolute atomic E-state index is 11.3. The lowest BCUT2D eigenvalue weighted by molar-refractivity contribution is -0.121. The predicted molar refractivity (Wildman–Crippen MR) is 70.3 cm³/mol. The minimum Gasteiger partial charge on any atom is -0.369 e. The molecule has 0 aliphatic carbocycles. The summed E-state index contributed by atoms with van der Waals surface area (Å²) in [5, 5.41) is 2.96. The molecule has 1 aliphatic rings. The summed E-state index contributed by atoms with van der Waals surface area (Å²) in [6.07, 6.45) is 2.67. The van der Waals surface area contributed by atoms with Gasteiger partial charge in [0.1, 0.15) is 0 Å². The summed E-state index contributed by atoms with van der Waals surface area (Å²) in [7, 11) is 0. The van der Waals surface area contributed by atoms with Crippen LogP contribution in [0, 0.1) is 0 Å². The molecule has 1 aromatic carbocycles. The molecule has 1 heterocycles. The molecule has 0 fully saturated rings. The van der Waals surface area contributed by atoms with Crippen molar-refractivity contribution in [3.05, 3.63) is 29.8 Å². The van der Waals surface area contributed by atoms with Gasteiger partial charge in [-0.25, -0.2) is 0 Å². The number of hydrogen-bond acceptors (Lipinski definition) is 2. The SMILES string of the molecule is CCCC(=O)NCCN1CCc2ccccc21. The van der Waals surface area contributed by atoms with Crippen molar-refractivity contribution >= 4 is 11.6 Å². The Bertz CT molecular complexity index is 390. The number of carbonyl (C=O) groups excluding carboxylic acids is 1. The normalized spacial score (nSPS) is 13.6. The summed E-state index contributed by atoms with van der Waals surface area (Å²) in [6, 6.07) is 8.51. The summed E-state index contributed by atoms with van der Waals surface area (Å²) in [5.41, 5.74) is 2.75. The first-order valence-electron chi connectivity index (χ1n) is 6.41. The van der Waals surface area contributed by atoms with Crippen molar-refractivity contribution in [2.75, 3.05) is 24.5 Å². The number of benzene rings is 1. The topological polar surface area (TPSA) is 32.3 Å². The van der Waals surface area contributed by atoms with E-state index < -0.39 is 0 Å². The van der Waals surface area contributed by atoms with E-state index in [4.69, 9.17) is 0 Å². The van der Waals surface area contributed by atoms with Crippen molar-refractivity contribution in [3.63, 3.8) is 0 Å². The van der Waals surface area contributed by atoms with E-state index in [0.29, 0.717) is 6.42 Å². The van der Waals surface area contributed by atoms with E-state index in [1.54, 1.807) is 0 Å². The number of amides is 1. The summed E-state index contributed by atoms with van der Waals surface area (Å²) in [4.78, 5) is 13.7. The van der Waals surface area contributed by atoms with Crippen LogP contribution in [-0.2, 0) is 11.2 Å². The van der Waals surface area contributed by atoms with Crippen molar-refractivity contribution < 1.29 is 4.79 Å². The van der Waals surface area contributed by atoms with Gasteiger partial charge in [0.25, 0.3) is 0 Å². The van der Waals surface area contributed by atoms with Crippen molar-refractivity contribution in [3.8, 4) is 0 Å². The smallest absolute Gasteiger partial charge is 0.220 e. The van der Waals surface area contributed by atoms with Crippen LogP contribution in [0.3, 0.4) is 0 Å². The maximum Gasteiger partial charge on any atom is 0.220 e. The average Bonchev–Trinajstić information content (AvgIpc) is 2.73. The molecule has 1 aromatic rings. The van der Waals surface area contributed by atoms with Gasteiger partial charge in [0, 0.05) is 31.7 Å². The molecule has 92 valence electrons. The Morgan fingerprint density at radius 3 is 3.06 bits per heavy atom. The number of hydrogen-bond donors (Lipinski definition) is 1. The van der Waals surface area contributed by atoms with Crippen molar-refractivity contribution in [1.82, 2.24) is 5.32 Å². The third-order valence-electron chi connectivity index (χ3n) is 3.16. The Morgan fingerprint density at radius 2 is 2.24 bits per heavy atom. The third kappa shape index (κ3) is 2.99.